The lowest BCUT2D eigenvalue weighted by atomic mass is 10.1. The summed E-state index contributed by atoms with van der Waals surface area (Å²) in [5.74, 6) is 1.33. The standard InChI is InChI=1S/C27H25N3O5/c1-33-23-12-7-17(15-24(23)34-2)13-14-28-21-16-25(31)30(27(21)32)19-10-8-18(9-11-19)26-29-20-5-3-4-6-22(20)35-26/h3-12,15,21,28H,13-14,16H2,1-2H3. The van der Waals surface area contributed by atoms with E-state index < -0.39 is 6.04 Å². The summed E-state index contributed by atoms with van der Waals surface area (Å²) in [4.78, 5) is 31.4. The predicted molar refractivity (Wildman–Crippen MR) is 132 cm³/mol. The molecule has 0 radical (unpaired) electrons. The molecule has 0 aliphatic carbocycles. The molecule has 1 aliphatic rings. The van der Waals surface area contributed by atoms with Gasteiger partial charge in [0.1, 0.15) is 5.52 Å². The highest BCUT2D eigenvalue weighted by molar-refractivity contribution is 6.22. The minimum Gasteiger partial charge on any atom is -0.493 e. The Morgan fingerprint density at radius 2 is 1.77 bits per heavy atom. The third-order valence-corrected chi connectivity index (χ3v) is 6.07. The quantitative estimate of drug-likeness (QED) is 0.389. The van der Waals surface area contributed by atoms with E-state index in [1.54, 1.807) is 38.5 Å². The minimum absolute atomic E-state index is 0.123. The van der Waals surface area contributed by atoms with Gasteiger partial charge < -0.3 is 19.2 Å². The van der Waals surface area contributed by atoms with Crippen LogP contribution in [0.5, 0.6) is 11.5 Å². The zero-order valence-corrected chi connectivity index (χ0v) is 19.5. The van der Waals surface area contributed by atoms with E-state index in [1.165, 1.54) is 4.90 Å². The van der Waals surface area contributed by atoms with Crippen molar-refractivity contribution in [2.24, 2.45) is 0 Å². The first-order valence-electron chi connectivity index (χ1n) is 11.3. The highest BCUT2D eigenvalue weighted by Crippen LogP contribution is 2.29. The lowest BCUT2D eigenvalue weighted by Crippen LogP contribution is -2.39. The molecule has 178 valence electrons. The van der Waals surface area contributed by atoms with Crippen molar-refractivity contribution in [1.82, 2.24) is 10.3 Å². The van der Waals surface area contributed by atoms with E-state index in [1.807, 2.05) is 42.5 Å². The molecule has 1 unspecified atom stereocenters. The number of nitrogens with zero attached hydrogens (tertiary/aromatic N) is 2. The number of carbonyl (C=O) groups is 2. The van der Waals surface area contributed by atoms with Gasteiger partial charge in [-0.1, -0.05) is 18.2 Å². The Morgan fingerprint density at radius 3 is 2.51 bits per heavy atom. The number of ether oxygens (including phenoxy) is 2. The molecule has 0 saturated carbocycles. The highest BCUT2D eigenvalue weighted by Gasteiger charge is 2.39. The van der Waals surface area contributed by atoms with Crippen molar-refractivity contribution < 1.29 is 23.5 Å². The van der Waals surface area contributed by atoms with Crippen molar-refractivity contribution in [2.75, 3.05) is 25.7 Å². The summed E-state index contributed by atoms with van der Waals surface area (Å²) in [6.07, 6.45) is 0.801. The van der Waals surface area contributed by atoms with Gasteiger partial charge in [0.05, 0.1) is 32.4 Å². The number of amides is 2. The van der Waals surface area contributed by atoms with Gasteiger partial charge in [0.15, 0.2) is 17.1 Å². The fraction of sp³-hybridized carbons (Fsp3) is 0.222. The van der Waals surface area contributed by atoms with Gasteiger partial charge in [-0.15, -0.1) is 0 Å². The second-order valence-electron chi connectivity index (χ2n) is 8.25. The number of hydrogen-bond donors (Lipinski definition) is 1. The van der Waals surface area contributed by atoms with Crippen LogP contribution in [0.15, 0.2) is 71.1 Å². The van der Waals surface area contributed by atoms with Crippen LogP contribution in [0.1, 0.15) is 12.0 Å². The number of benzene rings is 3. The molecule has 3 aromatic carbocycles. The van der Waals surface area contributed by atoms with Crippen molar-refractivity contribution in [3.05, 3.63) is 72.3 Å². The first kappa shape index (κ1) is 22.6. The monoisotopic (exact) mass is 471 g/mol. The lowest BCUT2D eigenvalue weighted by Gasteiger charge is -2.16. The van der Waals surface area contributed by atoms with Gasteiger partial charge in [-0.3, -0.25) is 9.59 Å². The summed E-state index contributed by atoms with van der Waals surface area (Å²) in [6.45, 7) is 0.545. The summed E-state index contributed by atoms with van der Waals surface area (Å²) in [7, 11) is 3.19. The molecule has 1 saturated heterocycles. The average molecular weight is 472 g/mol. The number of oxazole rings is 1. The molecule has 8 nitrogen and oxygen atoms in total. The molecule has 1 aliphatic heterocycles. The van der Waals surface area contributed by atoms with E-state index >= 15 is 0 Å². The number of imide groups is 1. The van der Waals surface area contributed by atoms with E-state index in [0.717, 1.165) is 16.6 Å². The molecule has 35 heavy (non-hydrogen) atoms. The van der Waals surface area contributed by atoms with Crippen LogP contribution in [-0.2, 0) is 16.0 Å². The molecule has 0 spiro atoms. The Balaban J connectivity index is 1.23. The number of para-hydroxylation sites is 2. The molecule has 4 aromatic rings. The predicted octanol–water partition coefficient (Wildman–Crippen LogP) is 3.98. The number of aromatic nitrogens is 1. The average Bonchev–Trinajstić information content (AvgIpc) is 3.44. The molecular weight excluding hydrogens is 446 g/mol. The molecule has 5 rings (SSSR count). The molecule has 1 fully saturated rings. The van der Waals surface area contributed by atoms with E-state index in [4.69, 9.17) is 13.9 Å². The van der Waals surface area contributed by atoms with Gasteiger partial charge in [-0.2, -0.15) is 0 Å². The largest absolute Gasteiger partial charge is 0.493 e. The third-order valence-electron chi connectivity index (χ3n) is 6.07. The van der Waals surface area contributed by atoms with Crippen LogP contribution in [0.4, 0.5) is 5.69 Å². The molecule has 2 amide bonds. The Labute approximate surface area is 202 Å². The lowest BCUT2D eigenvalue weighted by molar-refractivity contribution is -0.121. The van der Waals surface area contributed by atoms with Crippen molar-refractivity contribution in [2.45, 2.75) is 18.9 Å². The zero-order chi connectivity index (χ0) is 24.4. The minimum atomic E-state index is -0.556. The van der Waals surface area contributed by atoms with Crippen LogP contribution in [0, 0.1) is 0 Å². The number of rotatable bonds is 8. The molecule has 2 heterocycles. The zero-order valence-electron chi connectivity index (χ0n) is 19.5. The van der Waals surface area contributed by atoms with Crippen molar-refractivity contribution in [1.29, 1.82) is 0 Å². The van der Waals surface area contributed by atoms with E-state index in [0.29, 0.717) is 41.6 Å². The number of carbonyl (C=O) groups excluding carboxylic acids is 2. The number of nitrogens with one attached hydrogen (secondary N) is 1. The second kappa shape index (κ2) is 9.60. The number of methoxy groups -OCH3 is 2. The number of anilines is 1. The van der Waals surface area contributed by atoms with E-state index in [2.05, 4.69) is 10.3 Å². The summed E-state index contributed by atoms with van der Waals surface area (Å²) in [5.41, 5.74) is 3.83. The summed E-state index contributed by atoms with van der Waals surface area (Å²) in [5, 5.41) is 3.22. The highest BCUT2D eigenvalue weighted by atomic mass is 16.5. The fourth-order valence-corrected chi connectivity index (χ4v) is 4.24. The molecular formula is C27H25N3O5. The van der Waals surface area contributed by atoms with E-state index in [-0.39, 0.29) is 18.2 Å². The maximum absolute atomic E-state index is 13.0. The summed E-state index contributed by atoms with van der Waals surface area (Å²) >= 11 is 0. The van der Waals surface area contributed by atoms with Crippen LogP contribution in [0.3, 0.4) is 0 Å². The van der Waals surface area contributed by atoms with Gasteiger partial charge >= 0.3 is 0 Å². The molecule has 1 aromatic heterocycles. The fourth-order valence-electron chi connectivity index (χ4n) is 4.24. The van der Waals surface area contributed by atoms with Crippen molar-refractivity contribution >= 4 is 28.6 Å². The maximum atomic E-state index is 13.0. The summed E-state index contributed by atoms with van der Waals surface area (Å²) in [6, 6.07) is 19.8. The second-order valence-corrected chi connectivity index (χ2v) is 8.25. The van der Waals surface area contributed by atoms with Crippen molar-refractivity contribution in [3.63, 3.8) is 0 Å². The van der Waals surface area contributed by atoms with Crippen LogP contribution in [0.2, 0.25) is 0 Å². The van der Waals surface area contributed by atoms with Crippen LogP contribution < -0.4 is 19.7 Å². The first-order chi connectivity index (χ1) is 17.1. The Kier molecular flexibility index (Phi) is 6.20. The van der Waals surface area contributed by atoms with Gasteiger partial charge in [-0.05, 0) is 67.1 Å². The molecule has 0 bridgehead atoms. The Morgan fingerprint density at radius 1 is 1.00 bits per heavy atom. The van der Waals surface area contributed by atoms with Crippen molar-refractivity contribution in [3.8, 4) is 23.0 Å². The molecule has 1 N–H and O–H groups in total. The van der Waals surface area contributed by atoms with Gasteiger partial charge in [0.2, 0.25) is 11.8 Å². The van der Waals surface area contributed by atoms with Gasteiger partial charge in [0, 0.05) is 5.56 Å². The van der Waals surface area contributed by atoms with Crippen LogP contribution in [-0.4, -0.2) is 43.6 Å². The first-order valence-corrected chi connectivity index (χ1v) is 11.3. The smallest absolute Gasteiger partial charge is 0.251 e. The third kappa shape index (κ3) is 4.48. The van der Waals surface area contributed by atoms with E-state index in [9.17, 15) is 9.59 Å². The van der Waals surface area contributed by atoms with Crippen LogP contribution in [0.25, 0.3) is 22.6 Å². The van der Waals surface area contributed by atoms with Gasteiger partial charge in [-0.25, -0.2) is 9.88 Å². The number of hydrogen-bond acceptors (Lipinski definition) is 7. The normalized spacial score (nSPS) is 15.7. The Bertz CT molecular complexity index is 1350. The number of fused-ring (bicyclic) bond motifs is 1. The van der Waals surface area contributed by atoms with Gasteiger partial charge in [0.25, 0.3) is 5.91 Å². The summed E-state index contributed by atoms with van der Waals surface area (Å²) < 4.78 is 16.4. The SMILES string of the molecule is COc1ccc(CCNC2CC(=O)N(c3ccc(-c4nc5ccccc5o4)cc3)C2=O)cc1OC. The topological polar surface area (TPSA) is 93.9 Å². The molecule has 8 heteroatoms. The molecule has 1 atom stereocenters. The van der Waals surface area contributed by atoms with Crippen LogP contribution >= 0.6 is 0 Å². The maximum Gasteiger partial charge on any atom is 0.251 e. The Hall–Kier alpha value is -4.17.